The van der Waals surface area contributed by atoms with Gasteiger partial charge in [0.25, 0.3) is 0 Å². The predicted octanol–water partition coefficient (Wildman–Crippen LogP) is 3.03. The third kappa shape index (κ3) is 5.70. The van der Waals surface area contributed by atoms with Crippen LogP contribution in [0.15, 0.2) is 24.1 Å². The number of methoxy groups -OCH3 is 1. The fourth-order valence-electron chi connectivity index (χ4n) is 4.51. The first-order chi connectivity index (χ1) is 14.1. The summed E-state index contributed by atoms with van der Waals surface area (Å²) in [6, 6.07) is -0.243. The summed E-state index contributed by atoms with van der Waals surface area (Å²) < 4.78 is 25.4. The summed E-state index contributed by atoms with van der Waals surface area (Å²) in [4.78, 5) is 25.8. The summed E-state index contributed by atoms with van der Waals surface area (Å²) in [5.74, 6) is -1.33. The van der Waals surface area contributed by atoms with E-state index in [-0.39, 0.29) is 30.3 Å². The van der Waals surface area contributed by atoms with Crippen molar-refractivity contribution in [1.82, 2.24) is 10.6 Å². The molecule has 3 aliphatic rings. The van der Waals surface area contributed by atoms with E-state index in [1.165, 1.54) is 12.5 Å². The number of fused-ring (bicyclic) bond motifs is 1. The van der Waals surface area contributed by atoms with Crippen molar-refractivity contribution in [1.29, 1.82) is 0 Å². The number of hydrogen-bond donors (Lipinski definition) is 2. The molecule has 0 spiro atoms. The number of ether oxygens (including phenoxy) is 2. The number of amides is 1. The van der Waals surface area contributed by atoms with Gasteiger partial charge in [-0.1, -0.05) is 19.1 Å². The van der Waals surface area contributed by atoms with Gasteiger partial charge in [-0.3, -0.25) is 4.79 Å². The first-order valence-electron chi connectivity index (χ1n) is 10.9. The maximum Gasteiger partial charge on any atom is 0.329 e. The second-order valence-corrected chi connectivity index (χ2v) is 9.84. The molecule has 3 rings (SSSR count). The standard InChI is InChI=1S/C23H35FN2O4/c1-13(20(29-5)18-12-15-11-17(15)25-18)21(27)26-19(22(28)30-23(2,3)4)10-14-8-6-7-9-16(14)24/h6-7,9,13-15,17-20,25H,8,10-12H2,1-5H3,(H,26,27)/t13?,14?,15-,17-,18?,19?,20?/m0/s1. The maximum absolute atomic E-state index is 14.3. The summed E-state index contributed by atoms with van der Waals surface area (Å²) >= 11 is 0. The lowest BCUT2D eigenvalue weighted by Crippen LogP contribution is -2.52. The van der Waals surface area contributed by atoms with E-state index in [0.717, 1.165) is 6.42 Å². The quantitative estimate of drug-likeness (QED) is 0.588. The SMILES string of the molecule is COC(C1C[C@@H]2C[C@@H]2N1)C(C)C(=O)NC(CC1CC=CC=C1F)C(=O)OC(C)(C)C. The molecule has 6 nitrogen and oxygen atoms in total. The number of allylic oxidation sites excluding steroid dienone is 4. The molecule has 2 fully saturated rings. The highest BCUT2D eigenvalue weighted by molar-refractivity contribution is 5.86. The van der Waals surface area contributed by atoms with Gasteiger partial charge in [0.1, 0.15) is 17.5 Å². The molecule has 0 aromatic carbocycles. The second kappa shape index (κ2) is 9.18. The summed E-state index contributed by atoms with van der Waals surface area (Å²) in [7, 11) is 1.61. The number of carbonyl (C=O) groups is 2. The van der Waals surface area contributed by atoms with E-state index < -0.39 is 29.4 Å². The van der Waals surface area contributed by atoms with Crippen LogP contribution in [0.4, 0.5) is 4.39 Å². The summed E-state index contributed by atoms with van der Waals surface area (Å²) in [5.41, 5.74) is -0.698. The van der Waals surface area contributed by atoms with Crippen molar-refractivity contribution in [3.8, 4) is 0 Å². The van der Waals surface area contributed by atoms with Gasteiger partial charge in [-0.2, -0.15) is 0 Å². The zero-order chi connectivity index (χ0) is 22.1. The minimum atomic E-state index is -0.919. The molecule has 1 saturated carbocycles. The van der Waals surface area contributed by atoms with E-state index >= 15 is 0 Å². The van der Waals surface area contributed by atoms with E-state index in [4.69, 9.17) is 9.47 Å². The Morgan fingerprint density at radius 1 is 1.33 bits per heavy atom. The zero-order valence-corrected chi connectivity index (χ0v) is 18.6. The van der Waals surface area contributed by atoms with E-state index in [9.17, 15) is 14.0 Å². The Morgan fingerprint density at radius 2 is 2.07 bits per heavy atom. The number of piperidine rings is 1. The number of esters is 1. The summed E-state index contributed by atoms with van der Waals surface area (Å²) in [6.45, 7) is 7.13. The topological polar surface area (TPSA) is 76.7 Å². The Morgan fingerprint density at radius 3 is 2.63 bits per heavy atom. The molecule has 1 aliphatic heterocycles. The lowest BCUT2D eigenvalue weighted by atomic mass is 9.90. The highest BCUT2D eigenvalue weighted by atomic mass is 19.1. The van der Waals surface area contributed by atoms with E-state index in [1.54, 1.807) is 34.0 Å². The summed E-state index contributed by atoms with van der Waals surface area (Å²) in [5, 5.41) is 6.36. The van der Waals surface area contributed by atoms with Crippen molar-refractivity contribution in [2.75, 3.05) is 7.11 Å². The zero-order valence-electron chi connectivity index (χ0n) is 18.6. The Labute approximate surface area is 178 Å². The molecule has 7 atom stereocenters. The molecule has 5 unspecified atom stereocenters. The van der Waals surface area contributed by atoms with Crippen molar-refractivity contribution in [3.63, 3.8) is 0 Å². The third-order valence-electron chi connectivity index (χ3n) is 6.21. The lowest BCUT2D eigenvalue weighted by molar-refractivity contribution is -0.159. The van der Waals surface area contributed by atoms with Crippen LogP contribution in [0.2, 0.25) is 0 Å². The molecule has 7 heteroatoms. The number of halogens is 1. The van der Waals surface area contributed by atoms with Crippen molar-refractivity contribution in [2.24, 2.45) is 17.8 Å². The molecule has 30 heavy (non-hydrogen) atoms. The van der Waals surface area contributed by atoms with Crippen molar-refractivity contribution in [2.45, 2.75) is 83.2 Å². The van der Waals surface area contributed by atoms with Crippen LogP contribution >= 0.6 is 0 Å². The van der Waals surface area contributed by atoms with Gasteiger partial charge in [0.15, 0.2) is 0 Å². The fraction of sp³-hybridized carbons (Fsp3) is 0.739. The molecule has 1 amide bonds. The van der Waals surface area contributed by atoms with Crippen LogP contribution in [0.1, 0.15) is 53.4 Å². The van der Waals surface area contributed by atoms with Gasteiger partial charge >= 0.3 is 5.97 Å². The molecular weight excluding hydrogens is 387 g/mol. The molecule has 2 N–H and O–H groups in total. The van der Waals surface area contributed by atoms with Crippen LogP contribution in [0, 0.1) is 17.8 Å². The average molecular weight is 423 g/mol. The van der Waals surface area contributed by atoms with Crippen LogP contribution in [0.25, 0.3) is 0 Å². The molecule has 0 bridgehead atoms. The van der Waals surface area contributed by atoms with Gasteiger partial charge in [-0.15, -0.1) is 0 Å². The lowest BCUT2D eigenvalue weighted by Gasteiger charge is -2.31. The van der Waals surface area contributed by atoms with Gasteiger partial charge in [0.05, 0.1) is 12.0 Å². The maximum atomic E-state index is 14.3. The van der Waals surface area contributed by atoms with Crippen LogP contribution in [-0.4, -0.2) is 48.8 Å². The summed E-state index contributed by atoms with van der Waals surface area (Å²) in [6.07, 6.45) is 7.49. The number of rotatable bonds is 8. The Bertz CT molecular complexity index is 704. The van der Waals surface area contributed by atoms with E-state index in [0.29, 0.717) is 18.4 Å². The van der Waals surface area contributed by atoms with Crippen LogP contribution in [0.3, 0.4) is 0 Å². The van der Waals surface area contributed by atoms with E-state index in [2.05, 4.69) is 10.6 Å². The smallest absolute Gasteiger partial charge is 0.329 e. The van der Waals surface area contributed by atoms with Crippen molar-refractivity contribution in [3.05, 3.63) is 24.1 Å². The van der Waals surface area contributed by atoms with Crippen LogP contribution < -0.4 is 10.6 Å². The fourth-order valence-corrected chi connectivity index (χ4v) is 4.51. The Balaban J connectivity index is 1.67. The predicted molar refractivity (Wildman–Crippen MR) is 112 cm³/mol. The molecule has 2 aliphatic carbocycles. The Kier molecular flexibility index (Phi) is 7.02. The van der Waals surface area contributed by atoms with Gasteiger partial charge in [-0.05, 0) is 58.4 Å². The average Bonchev–Trinajstić information content (AvgIpc) is 3.27. The minimum absolute atomic E-state index is 0.128. The highest BCUT2D eigenvalue weighted by Crippen LogP contribution is 2.42. The highest BCUT2D eigenvalue weighted by Gasteiger charge is 2.49. The number of hydrogen-bond acceptors (Lipinski definition) is 5. The van der Waals surface area contributed by atoms with Gasteiger partial charge in [0, 0.05) is 25.1 Å². The van der Waals surface area contributed by atoms with Crippen LogP contribution in [0.5, 0.6) is 0 Å². The molecule has 0 aromatic heterocycles. The molecular formula is C23H35FN2O4. The molecule has 0 aromatic rings. The molecule has 1 heterocycles. The normalized spacial score (nSPS) is 30.7. The van der Waals surface area contributed by atoms with Gasteiger partial charge < -0.3 is 20.1 Å². The largest absolute Gasteiger partial charge is 0.458 e. The van der Waals surface area contributed by atoms with Crippen molar-refractivity contribution >= 4 is 11.9 Å². The third-order valence-corrected chi connectivity index (χ3v) is 6.21. The molecule has 168 valence electrons. The Hall–Kier alpha value is -1.73. The minimum Gasteiger partial charge on any atom is -0.458 e. The number of carbonyl (C=O) groups excluding carboxylic acids is 2. The van der Waals surface area contributed by atoms with Gasteiger partial charge in [0.2, 0.25) is 5.91 Å². The first-order valence-corrected chi connectivity index (χ1v) is 10.9. The van der Waals surface area contributed by atoms with Crippen LogP contribution in [-0.2, 0) is 19.1 Å². The first kappa shape index (κ1) is 22.9. The molecule has 0 radical (unpaired) electrons. The van der Waals surface area contributed by atoms with E-state index in [1.807, 2.05) is 13.0 Å². The second-order valence-electron chi connectivity index (χ2n) is 9.84. The van der Waals surface area contributed by atoms with Gasteiger partial charge in [-0.25, -0.2) is 9.18 Å². The molecule has 1 saturated heterocycles. The van der Waals surface area contributed by atoms with Crippen molar-refractivity contribution < 1.29 is 23.5 Å². The number of nitrogens with one attached hydrogen (secondary N) is 2. The monoisotopic (exact) mass is 422 g/mol.